The van der Waals surface area contributed by atoms with E-state index < -0.39 is 11.9 Å². The summed E-state index contributed by atoms with van der Waals surface area (Å²) < 4.78 is 4.99. The molecular weight excluding hydrogens is 338 g/mol. The zero-order valence-corrected chi connectivity index (χ0v) is 14.2. The van der Waals surface area contributed by atoms with E-state index >= 15 is 0 Å². The van der Waals surface area contributed by atoms with Gasteiger partial charge in [-0.15, -0.1) is 0 Å². The Morgan fingerprint density at radius 2 is 2.12 bits per heavy atom. The molecule has 1 aromatic carbocycles. The molecule has 136 valence electrons. The minimum atomic E-state index is -0.923. The Morgan fingerprint density at radius 1 is 1.31 bits per heavy atom. The molecule has 1 atom stereocenters. The SMILES string of the molecule is Cc1noc(CCCNC(=O)C[C@@H]2NC(=O)c3ccccc3NC2=O)n1. The van der Waals surface area contributed by atoms with Crippen LogP contribution in [0.1, 0.15) is 34.9 Å². The maximum atomic E-state index is 12.2. The molecule has 3 amide bonds. The molecule has 9 nitrogen and oxygen atoms in total. The summed E-state index contributed by atoms with van der Waals surface area (Å²) in [5.74, 6) is -0.0357. The number of para-hydroxylation sites is 1. The van der Waals surface area contributed by atoms with Crippen LogP contribution < -0.4 is 16.0 Å². The van der Waals surface area contributed by atoms with E-state index in [0.29, 0.717) is 42.4 Å². The van der Waals surface area contributed by atoms with Gasteiger partial charge in [-0.05, 0) is 25.5 Å². The predicted molar refractivity (Wildman–Crippen MR) is 91.3 cm³/mol. The number of carbonyl (C=O) groups excluding carboxylic acids is 3. The number of amides is 3. The van der Waals surface area contributed by atoms with Gasteiger partial charge in [0, 0.05) is 13.0 Å². The lowest BCUT2D eigenvalue weighted by molar-refractivity contribution is -0.125. The lowest BCUT2D eigenvalue weighted by Gasteiger charge is -2.14. The van der Waals surface area contributed by atoms with Gasteiger partial charge in [0.2, 0.25) is 17.7 Å². The quantitative estimate of drug-likeness (QED) is 0.649. The van der Waals surface area contributed by atoms with Gasteiger partial charge >= 0.3 is 0 Å². The molecule has 2 aromatic rings. The highest BCUT2D eigenvalue weighted by atomic mass is 16.5. The number of nitrogens with one attached hydrogen (secondary N) is 3. The van der Waals surface area contributed by atoms with Crippen molar-refractivity contribution in [1.82, 2.24) is 20.8 Å². The summed E-state index contributed by atoms with van der Waals surface area (Å²) in [6.07, 6.45) is 1.05. The highest BCUT2D eigenvalue weighted by Gasteiger charge is 2.29. The van der Waals surface area contributed by atoms with Crippen LogP contribution in [0.3, 0.4) is 0 Å². The van der Waals surface area contributed by atoms with Crippen LogP contribution in [0.25, 0.3) is 0 Å². The standard InChI is InChI=1S/C17H19N5O4/c1-10-19-15(26-22-10)7-4-8-18-14(23)9-13-17(25)20-12-6-3-2-5-11(12)16(24)21-13/h2-3,5-6,13H,4,7-9H2,1H3,(H,18,23)(H,20,25)(H,21,24)/t13-/m0/s1. The third kappa shape index (κ3) is 4.24. The van der Waals surface area contributed by atoms with E-state index in [4.69, 9.17) is 4.52 Å². The van der Waals surface area contributed by atoms with Gasteiger partial charge in [0.15, 0.2) is 5.82 Å². The summed E-state index contributed by atoms with van der Waals surface area (Å²) in [5, 5.41) is 11.7. The lowest BCUT2D eigenvalue weighted by Crippen LogP contribution is -2.44. The van der Waals surface area contributed by atoms with Crippen LogP contribution in [0.5, 0.6) is 0 Å². The number of nitrogens with zero attached hydrogens (tertiary/aromatic N) is 2. The second-order valence-electron chi connectivity index (χ2n) is 5.95. The second kappa shape index (κ2) is 7.77. The van der Waals surface area contributed by atoms with Crippen LogP contribution in [0.2, 0.25) is 0 Å². The molecule has 1 aliphatic heterocycles. The highest BCUT2D eigenvalue weighted by molar-refractivity contribution is 6.10. The van der Waals surface area contributed by atoms with Gasteiger partial charge in [0.1, 0.15) is 6.04 Å². The van der Waals surface area contributed by atoms with Crippen molar-refractivity contribution in [2.45, 2.75) is 32.2 Å². The van der Waals surface area contributed by atoms with Gasteiger partial charge in [-0.3, -0.25) is 14.4 Å². The number of fused-ring (bicyclic) bond motifs is 1. The zero-order valence-electron chi connectivity index (χ0n) is 14.2. The van der Waals surface area contributed by atoms with E-state index in [2.05, 4.69) is 26.1 Å². The molecule has 2 heterocycles. The fourth-order valence-electron chi connectivity index (χ4n) is 2.62. The first-order valence-corrected chi connectivity index (χ1v) is 8.29. The largest absolute Gasteiger partial charge is 0.356 e. The van der Waals surface area contributed by atoms with Gasteiger partial charge in [0.05, 0.1) is 17.7 Å². The van der Waals surface area contributed by atoms with Crippen LogP contribution in [0.15, 0.2) is 28.8 Å². The Bertz CT molecular complexity index is 832. The van der Waals surface area contributed by atoms with Crippen molar-refractivity contribution in [2.75, 3.05) is 11.9 Å². The van der Waals surface area contributed by atoms with Crippen LogP contribution in [0.4, 0.5) is 5.69 Å². The molecule has 0 saturated heterocycles. The average Bonchev–Trinajstić information content (AvgIpc) is 2.98. The molecule has 0 fully saturated rings. The molecule has 3 rings (SSSR count). The Labute approximate surface area is 149 Å². The number of rotatable bonds is 6. The van der Waals surface area contributed by atoms with Gasteiger partial charge in [-0.1, -0.05) is 17.3 Å². The number of aryl methyl sites for hydroxylation is 2. The molecule has 1 aromatic heterocycles. The van der Waals surface area contributed by atoms with E-state index in [0.717, 1.165) is 0 Å². The van der Waals surface area contributed by atoms with Gasteiger partial charge < -0.3 is 20.5 Å². The van der Waals surface area contributed by atoms with E-state index in [1.54, 1.807) is 31.2 Å². The van der Waals surface area contributed by atoms with Crippen molar-refractivity contribution >= 4 is 23.4 Å². The smallest absolute Gasteiger partial charge is 0.254 e. The summed E-state index contributed by atoms with van der Waals surface area (Å²) in [6.45, 7) is 2.14. The number of aromatic nitrogens is 2. The molecule has 0 spiro atoms. The first-order valence-electron chi connectivity index (χ1n) is 8.29. The molecule has 0 saturated carbocycles. The predicted octanol–water partition coefficient (Wildman–Crippen LogP) is 0.568. The van der Waals surface area contributed by atoms with Crippen LogP contribution >= 0.6 is 0 Å². The maximum Gasteiger partial charge on any atom is 0.254 e. The fraction of sp³-hybridized carbons (Fsp3) is 0.353. The molecule has 9 heteroatoms. The maximum absolute atomic E-state index is 12.2. The minimum absolute atomic E-state index is 0.134. The molecule has 0 unspecified atom stereocenters. The molecular formula is C17H19N5O4. The summed E-state index contributed by atoms with van der Waals surface area (Å²) in [4.78, 5) is 40.6. The number of hydrogen-bond donors (Lipinski definition) is 3. The first kappa shape index (κ1) is 17.6. The molecule has 26 heavy (non-hydrogen) atoms. The third-order valence-electron chi connectivity index (χ3n) is 3.90. The van der Waals surface area contributed by atoms with Crippen LogP contribution in [-0.4, -0.2) is 40.4 Å². The zero-order chi connectivity index (χ0) is 18.5. The highest BCUT2D eigenvalue weighted by Crippen LogP contribution is 2.18. The molecule has 1 aliphatic rings. The third-order valence-corrected chi connectivity index (χ3v) is 3.90. The fourth-order valence-corrected chi connectivity index (χ4v) is 2.62. The van der Waals surface area contributed by atoms with Gasteiger partial charge in [-0.25, -0.2) is 0 Å². The monoisotopic (exact) mass is 357 g/mol. The van der Waals surface area contributed by atoms with E-state index in [1.165, 1.54) is 0 Å². The molecule has 0 radical (unpaired) electrons. The molecule has 3 N–H and O–H groups in total. The number of hydrogen-bond acceptors (Lipinski definition) is 6. The van der Waals surface area contributed by atoms with Crippen molar-refractivity contribution in [3.05, 3.63) is 41.5 Å². The van der Waals surface area contributed by atoms with Gasteiger partial charge in [-0.2, -0.15) is 4.98 Å². The summed E-state index contributed by atoms with van der Waals surface area (Å²) in [6, 6.07) is 5.78. The number of benzene rings is 1. The summed E-state index contributed by atoms with van der Waals surface area (Å²) in [5.41, 5.74) is 0.811. The van der Waals surface area contributed by atoms with Crippen molar-refractivity contribution in [2.24, 2.45) is 0 Å². The summed E-state index contributed by atoms with van der Waals surface area (Å²) in [7, 11) is 0. The van der Waals surface area contributed by atoms with Gasteiger partial charge in [0.25, 0.3) is 5.91 Å². The topological polar surface area (TPSA) is 126 Å². The van der Waals surface area contributed by atoms with Crippen LogP contribution in [-0.2, 0) is 16.0 Å². The van der Waals surface area contributed by atoms with Crippen molar-refractivity contribution < 1.29 is 18.9 Å². The second-order valence-corrected chi connectivity index (χ2v) is 5.95. The number of carbonyl (C=O) groups is 3. The van der Waals surface area contributed by atoms with E-state index in [9.17, 15) is 14.4 Å². The van der Waals surface area contributed by atoms with Crippen molar-refractivity contribution in [1.29, 1.82) is 0 Å². The van der Waals surface area contributed by atoms with Crippen molar-refractivity contribution in [3.63, 3.8) is 0 Å². The van der Waals surface area contributed by atoms with E-state index in [-0.39, 0.29) is 18.2 Å². The Hall–Kier alpha value is -3.23. The normalized spacial score (nSPS) is 16.3. The van der Waals surface area contributed by atoms with Crippen LogP contribution in [0, 0.1) is 6.92 Å². The summed E-state index contributed by atoms with van der Waals surface area (Å²) >= 11 is 0. The average molecular weight is 357 g/mol. The number of anilines is 1. The Morgan fingerprint density at radius 3 is 2.88 bits per heavy atom. The Kier molecular flexibility index (Phi) is 5.26. The lowest BCUT2D eigenvalue weighted by atomic mass is 10.1. The molecule has 0 bridgehead atoms. The molecule has 0 aliphatic carbocycles. The van der Waals surface area contributed by atoms with Crippen molar-refractivity contribution in [3.8, 4) is 0 Å². The minimum Gasteiger partial charge on any atom is -0.356 e. The first-order chi connectivity index (χ1) is 12.5. The van der Waals surface area contributed by atoms with E-state index in [1.807, 2.05) is 0 Å². The Balaban J connectivity index is 1.48.